The van der Waals surface area contributed by atoms with Crippen LogP contribution in [0.4, 0.5) is 0 Å². The van der Waals surface area contributed by atoms with Crippen molar-refractivity contribution in [1.29, 1.82) is 0 Å². The molecule has 1 saturated heterocycles. The van der Waals surface area contributed by atoms with Crippen LogP contribution in [-0.4, -0.2) is 36.1 Å². The maximum absolute atomic E-state index is 3.71. The van der Waals surface area contributed by atoms with Gasteiger partial charge in [0, 0.05) is 18.1 Å². The summed E-state index contributed by atoms with van der Waals surface area (Å²) in [5.41, 5.74) is 0.240. The number of nitrogens with zero attached hydrogens (tertiary/aromatic N) is 1. The normalized spacial score (nSPS) is 24.2. The molecule has 0 radical (unpaired) electrons. The largest absolute Gasteiger partial charge is 0.311 e. The molecule has 114 valence electrons. The highest BCUT2D eigenvalue weighted by Crippen LogP contribution is 2.22. The summed E-state index contributed by atoms with van der Waals surface area (Å²) in [4.78, 5) is 2.76. The Bertz CT molecular complexity index is 232. The molecule has 0 aromatic heterocycles. The summed E-state index contributed by atoms with van der Waals surface area (Å²) in [5.74, 6) is 0.975. The lowest BCUT2D eigenvalue weighted by Crippen LogP contribution is -2.48. The third-order valence-electron chi connectivity index (χ3n) is 4.47. The van der Waals surface area contributed by atoms with E-state index in [2.05, 4.69) is 44.8 Å². The highest BCUT2D eigenvalue weighted by Gasteiger charge is 2.23. The standard InChI is InChI=1S/C17H36N2/c1-6-9-16(14-18-17(3,4)5)19-12-8-10-15(7-2)11-13-19/h15-16,18H,6-14H2,1-5H3. The van der Waals surface area contributed by atoms with Crippen molar-refractivity contribution in [3.05, 3.63) is 0 Å². The van der Waals surface area contributed by atoms with Crippen molar-refractivity contribution in [3.63, 3.8) is 0 Å². The monoisotopic (exact) mass is 268 g/mol. The number of likely N-dealkylation sites (tertiary alicyclic amines) is 1. The fourth-order valence-corrected chi connectivity index (χ4v) is 3.13. The molecule has 0 amide bonds. The van der Waals surface area contributed by atoms with Crippen LogP contribution in [0.5, 0.6) is 0 Å². The van der Waals surface area contributed by atoms with E-state index in [9.17, 15) is 0 Å². The van der Waals surface area contributed by atoms with Crippen LogP contribution in [0.3, 0.4) is 0 Å². The lowest BCUT2D eigenvalue weighted by Gasteiger charge is -2.33. The molecule has 1 fully saturated rings. The van der Waals surface area contributed by atoms with E-state index in [0.717, 1.165) is 18.5 Å². The summed E-state index contributed by atoms with van der Waals surface area (Å²) in [5, 5.41) is 3.71. The van der Waals surface area contributed by atoms with Crippen LogP contribution < -0.4 is 5.32 Å². The van der Waals surface area contributed by atoms with Crippen LogP contribution in [0.25, 0.3) is 0 Å². The predicted molar refractivity (Wildman–Crippen MR) is 85.7 cm³/mol. The first-order chi connectivity index (χ1) is 8.96. The van der Waals surface area contributed by atoms with Crippen molar-refractivity contribution < 1.29 is 0 Å². The van der Waals surface area contributed by atoms with Gasteiger partial charge >= 0.3 is 0 Å². The lowest BCUT2D eigenvalue weighted by molar-refractivity contribution is 0.176. The molecule has 0 aromatic rings. The van der Waals surface area contributed by atoms with Crippen LogP contribution >= 0.6 is 0 Å². The first-order valence-corrected chi connectivity index (χ1v) is 8.45. The van der Waals surface area contributed by atoms with Gasteiger partial charge in [-0.15, -0.1) is 0 Å². The van der Waals surface area contributed by atoms with Gasteiger partial charge in [0.25, 0.3) is 0 Å². The van der Waals surface area contributed by atoms with Gasteiger partial charge in [0.2, 0.25) is 0 Å². The highest BCUT2D eigenvalue weighted by molar-refractivity contribution is 4.81. The van der Waals surface area contributed by atoms with Crippen LogP contribution in [-0.2, 0) is 0 Å². The first-order valence-electron chi connectivity index (χ1n) is 8.45. The van der Waals surface area contributed by atoms with Crippen molar-refractivity contribution in [2.75, 3.05) is 19.6 Å². The molecule has 1 rings (SSSR count). The molecule has 0 saturated carbocycles. The van der Waals surface area contributed by atoms with Crippen molar-refractivity contribution in [1.82, 2.24) is 10.2 Å². The zero-order chi connectivity index (χ0) is 14.3. The molecule has 19 heavy (non-hydrogen) atoms. The third-order valence-corrected chi connectivity index (χ3v) is 4.47. The van der Waals surface area contributed by atoms with E-state index >= 15 is 0 Å². The maximum atomic E-state index is 3.71. The van der Waals surface area contributed by atoms with Gasteiger partial charge in [-0.25, -0.2) is 0 Å². The SMILES string of the molecule is CCCC(CNC(C)(C)C)N1CCCC(CC)CC1. The van der Waals surface area contributed by atoms with Crippen LogP contribution in [0.15, 0.2) is 0 Å². The molecule has 1 N–H and O–H groups in total. The Kier molecular flexibility index (Phi) is 7.38. The number of nitrogens with one attached hydrogen (secondary N) is 1. The van der Waals surface area contributed by atoms with E-state index in [-0.39, 0.29) is 5.54 Å². The first kappa shape index (κ1) is 17.0. The summed E-state index contributed by atoms with van der Waals surface area (Å²) in [6.07, 6.45) is 8.25. The van der Waals surface area contributed by atoms with Crippen molar-refractivity contribution in [2.24, 2.45) is 5.92 Å². The Morgan fingerprint density at radius 3 is 2.47 bits per heavy atom. The molecule has 0 aliphatic carbocycles. The average molecular weight is 268 g/mol. The van der Waals surface area contributed by atoms with Gasteiger partial charge in [-0.2, -0.15) is 0 Å². The van der Waals surface area contributed by atoms with Crippen LogP contribution in [0, 0.1) is 5.92 Å². The molecular formula is C17H36N2. The quantitative estimate of drug-likeness (QED) is 0.781. The molecule has 2 heteroatoms. The Hall–Kier alpha value is -0.0800. The molecule has 2 nitrogen and oxygen atoms in total. The molecule has 2 atom stereocenters. The highest BCUT2D eigenvalue weighted by atomic mass is 15.2. The topological polar surface area (TPSA) is 15.3 Å². The van der Waals surface area contributed by atoms with E-state index in [1.165, 1.54) is 51.6 Å². The van der Waals surface area contributed by atoms with Gasteiger partial charge in [0.15, 0.2) is 0 Å². The Morgan fingerprint density at radius 2 is 1.89 bits per heavy atom. The second kappa shape index (κ2) is 8.26. The molecule has 1 heterocycles. The van der Waals surface area contributed by atoms with Gasteiger partial charge in [-0.05, 0) is 65.5 Å². The summed E-state index contributed by atoms with van der Waals surface area (Å²) < 4.78 is 0. The molecule has 2 unspecified atom stereocenters. The molecule has 1 aliphatic rings. The van der Waals surface area contributed by atoms with Gasteiger partial charge in [-0.1, -0.05) is 26.7 Å². The zero-order valence-corrected chi connectivity index (χ0v) is 14.0. The van der Waals surface area contributed by atoms with Crippen LogP contribution in [0.2, 0.25) is 0 Å². The second-order valence-electron chi connectivity index (χ2n) is 7.31. The summed E-state index contributed by atoms with van der Waals surface area (Å²) in [6.45, 7) is 15.3. The Balaban J connectivity index is 2.50. The predicted octanol–water partition coefficient (Wildman–Crippen LogP) is 4.06. The van der Waals surface area contributed by atoms with Gasteiger partial charge in [0.1, 0.15) is 0 Å². The molecule has 0 spiro atoms. The number of hydrogen-bond donors (Lipinski definition) is 1. The van der Waals surface area contributed by atoms with Crippen LogP contribution in [0.1, 0.15) is 73.1 Å². The van der Waals surface area contributed by atoms with E-state index < -0.39 is 0 Å². The smallest absolute Gasteiger partial charge is 0.0220 e. The zero-order valence-electron chi connectivity index (χ0n) is 14.0. The second-order valence-corrected chi connectivity index (χ2v) is 7.31. The van der Waals surface area contributed by atoms with Gasteiger partial charge in [-0.3, -0.25) is 4.90 Å². The van der Waals surface area contributed by atoms with Crippen molar-refractivity contribution >= 4 is 0 Å². The Morgan fingerprint density at radius 1 is 1.16 bits per heavy atom. The molecule has 1 aliphatic heterocycles. The fraction of sp³-hybridized carbons (Fsp3) is 1.00. The van der Waals surface area contributed by atoms with E-state index in [1.807, 2.05) is 0 Å². The van der Waals surface area contributed by atoms with Gasteiger partial charge < -0.3 is 5.32 Å². The average Bonchev–Trinajstić information content (AvgIpc) is 2.58. The van der Waals surface area contributed by atoms with Crippen molar-refractivity contribution in [3.8, 4) is 0 Å². The third kappa shape index (κ3) is 6.76. The summed E-state index contributed by atoms with van der Waals surface area (Å²) in [6, 6.07) is 0.736. The molecule has 0 aromatic carbocycles. The molecular weight excluding hydrogens is 232 g/mol. The summed E-state index contributed by atoms with van der Waals surface area (Å²) >= 11 is 0. The van der Waals surface area contributed by atoms with Crippen molar-refractivity contribution in [2.45, 2.75) is 84.7 Å². The van der Waals surface area contributed by atoms with E-state index in [4.69, 9.17) is 0 Å². The fourth-order valence-electron chi connectivity index (χ4n) is 3.13. The van der Waals surface area contributed by atoms with Gasteiger partial charge in [0.05, 0.1) is 0 Å². The van der Waals surface area contributed by atoms with E-state index in [0.29, 0.717) is 0 Å². The molecule has 0 bridgehead atoms. The Labute approximate surface area is 121 Å². The van der Waals surface area contributed by atoms with E-state index in [1.54, 1.807) is 0 Å². The summed E-state index contributed by atoms with van der Waals surface area (Å²) in [7, 11) is 0. The lowest BCUT2D eigenvalue weighted by atomic mass is 9.98. The number of rotatable bonds is 6. The minimum absolute atomic E-state index is 0.240. The minimum Gasteiger partial charge on any atom is -0.311 e. The maximum Gasteiger partial charge on any atom is 0.0220 e. The number of hydrogen-bond acceptors (Lipinski definition) is 2. The minimum atomic E-state index is 0.240.